The van der Waals surface area contributed by atoms with Gasteiger partial charge < -0.3 is 4.74 Å². The summed E-state index contributed by atoms with van der Waals surface area (Å²) in [5, 5.41) is 0. The normalized spacial score (nSPS) is 18.7. The van der Waals surface area contributed by atoms with Gasteiger partial charge in [-0.25, -0.2) is 0 Å². The maximum Gasteiger partial charge on any atom is 0.133 e. The van der Waals surface area contributed by atoms with Crippen LogP contribution in [0.3, 0.4) is 0 Å². The van der Waals surface area contributed by atoms with Crippen LogP contribution in [0.4, 0.5) is 0 Å². The second-order valence-electron chi connectivity index (χ2n) is 4.36. The summed E-state index contributed by atoms with van der Waals surface area (Å²) in [6.45, 7) is 2.79. The van der Waals surface area contributed by atoms with Crippen LogP contribution in [0, 0.1) is 0 Å². The summed E-state index contributed by atoms with van der Waals surface area (Å²) in [6, 6.07) is 8.07. The Morgan fingerprint density at radius 2 is 2.25 bits per heavy atom. The lowest BCUT2D eigenvalue weighted by molar-refractivity contribution is -0.119. The maximum atomic E-state index is 11.7. The van der Waals surface area contributed by atoms with E-state index in [4.69, 9.17) is 4.74 Å². The second-order valence-corrected chi connectivity index (χ2v) is 4.36. The molecule has 0 aliphatic carbocycles. The average Bonchev–Trinajstić information content (AvgIpc) is 2.30. The maximum absolute atomic E-state index is 11.7. The van der Waals surface area contributed by atoms with Crippen molar-refractivity contribution in [3.63, 3.8) is 0 Å². The molecule has 1 aliphatic heterocycles. The number of hydrogen-bond acceptors (Lipinski definition) is 2. The van der Waals surface area contributed by atoms with E-state index in [0.717, 1.165) is 25.2 Å². The van der Waals surface area contributed by atoms with Crippen molar-refractivity contribution >= 4 is 5.78 Å². The van der Waals surface area contributed by atoms with Crippen LogP contribution >= 0.6 is 0 Å². The minimum absolute atomic E-state index is 0.365. The van der Waals surface area contributed by atoms with Gasteiger partial charge in [0.1, 0.15) is 11.5 Å². The van der Waals surface area contributed by atoms with Crippen LogP contribution in [0.25, 0.3) is 0 Å². The van der Waals surface area contributed by atoms with Crippen LogP contribution in [-0.2, 0) is 4.79 Å². The third-order valence-electron chi connectivity index (χ3n) is 3.09. The van der Waals surface area contributed by atoms with Crippen molar-refractivity contribution < 1.29 is 9.53 Å². The number of carbonyl (C=O) groups excluding carboxylic acids is 1. The number of Topliss-reactive ketones (excluding diaryl/α,β-unsaturated/α-hetero) is 1. The number of para-hydroxylation sites is 1. The Morgan fingerprint density at radius 1 is 1.44 bits per heavy atom. The highest BCUT2D eigenvalue weighted by Gasteiger charge is 2.22. The van der Waals surface area contributed by atoms with Crippen molar-refractivity contribution in [1.82, 2.24) is 0 Å². The van der Waals surface area contributed by atoms with Gasteiger partial charge in [-0.2, -0.15) is 0 Å². The van der Waals surface area contributed by atoms with Crippen LogP contribution in [0.15, 0.2) is 24.3 Å². The van der Waals surface area contributed by atoms with Crippen LogP contribution in [0.5, 0.6) is 5.75 Å². The lowest BCUT2D eigenvalue weighted by Crippen LogP contribution is -2.16. The highest BCUT2D eigenvalue weighted by Crippen LogP contribution is 2.35. The lowest BCUT2D eigenvalue weighted by Gasteiger charge is -2.25. The number of ketones is 1. The molecular formula is C14H18O2. The van der Waals surface area contributed by atoms with Crippen molar-refractivity contribution in [3.8, 4) is 5.75 Å². The molecule has 1 unspecified atom stereocenters. The molecule has 0 N–H and O–H groups in total. The summed E-state index contributed by atoms with van der Waals surface area (Å²) in [7, 11) is 0. The summed E-state index contributed by atoms with van der Waals surface area (Å²) >= 11 is 0. The molecule has 2 rings (SSSR count). The Morgan fingerprint density at radius 3 is 3.06 bits per heavy atom. The SMILES string of the molecule is CCCC(=O)CC1CCOc2ccccc21. The molecule has 0 bridgehead atoms. The first-order valence-electron chi connectivity index (χ1n) is 6.04. The van der Waals surface area contributed by atoms with Crippen LogP contribution in [0.1, 0.15) is 44.1 Å². The molecule has 1 atom stereocenters. The first-order valence-corrected chi connectivity index (χ1v) is 6.04. The summed E-state index contributed by atoms with van der Waals surface area (Å²) in [5.74, 6) is 1.70. The molecule has 0 saturated heterocycles. The highest BCUT2D eigenvalue weighted by atomic mass is 16.5. The van der Waals surface area contributed by atoms with E-state index in [1.54, 1.807) is 0 Å². The van der Waals surface area contributed by atoms with Gasteiger partial charge in [-0.3, -0.25) is 4.79 Å². The minimum atomic E-state index is 0.365. The van der Waals surface area contributed by atoms with Gasteiger partial charge in [0.25, 0.3) is 0 Å². The smallest absolute Gasteiger partial charge is 0.133 e. The summed E-state index contributed by atoms with van der Waals surface area (Å²) in [5.41, 5.74) is 1.21. The predicted molar refractivity (Wildman–Crippen MR) is 63.8 cm³/mol. The van der Waals surface area contributed by atoms with Gasteiger partial charge in [0.2, 0.25) is 0 Å². The third kappa shape index (κ3) is 2.43. The van der Waals surface area contributed by atoms with Crippen molar-refractivity contribution in [2.24, 2.45) is 0 Å². The highest BCUT2D eigenvalue weighted by molar-refractivity contribution is 5.79. The summed E-state index contributed by atoms with van der Waals surface area (Å²) in [6.07, 6.45) is 3.30. The third-order valence-corrected chi connectivity index (χ3v) is 3.09. The standard InChI is InChI=1S/C14H18O2/c1-2-5-12(15)10-11-8-9-16-14-7-4-3-6-13(11)14/h3-4,6-7,11H,2,5,8-10H2,1H3. The van der Waals surface area contributed by atoms with Gasteiger partial charge in [0.05, 0.1) is 6.61 Å². The Kier molecular flexibility index (Phi) is 3.60. The molecule has 0 spiro atoms. The largest absolute Gasteiger partial charge is 0.493 e. The van der Waals surface area contributed by atoms with Gasteiger partial charge in [-0.1, -0.05) is 25.1 Å². The van der Waals surface area contributed by atoms with Crippen LogP contribution in [0.2, 0.25) is 0 Å². The van der Waals surface area contributed by atoms with E-state index in [9.17, 15) is 4.79 Å². The summed E-state index contributed by atoms with van der Waals surface area (Å²) in [4.78, 5) is 11.7. The van der Waals surface area contributed by atoms with Crippen molar-refractivity contribution in [2.75, 3.05) is 6.61 Å². The van der Waals surface area contributed by atoms with Gasteiger partial charge in [-0.15, -0.1) is 0 Å². The zero-order chi connectivity index (χ0) is 11.4. The van der Waals surface area contributed by atoms with E-state index in [1.165, 1.54) is 5.56 Å². The Balaban J connectivity index is 2.10. The van der Waals surface area contributed by atoms with Gasteiger partial charge in [-0.05, 0) is 30.4 Å². The molecule has 1 aromatic carbocycles. The average molecular weight is 218 g/mol. The molecule has 0 aromatic heterocycles. The van der Waals surface area contributed by atoms with Crippen molar-refractivity contribution in [3.05, 3.63) is 29.8 Å². The molecule has 1 aliphatic rings. The lowest BCUT2D eigenvalue weighted by atomic mass is 9.88. The number of carbonyl (C=O) groups is 1. The number of benzene rings is 1. The molecule has 0 amide bonds. The van der Waals surface area contributed by atoms with Crippen LogP contribution in [-0.4, -0.2) is 12.4 Å². The van der Waals surface area contributed by atoms with Crippen LogP contribution < -0.4 is 4.74 Å². The van der Waals surface area contributed by atoms with Crippen molar-refractivity contribution in [1.29, 1.82) is 0 Å². The molecule has 2 heteroatoms. The molecule has 0 fully saturated rings. The van der Waals surface area contributed by atoms with E-state index < -0.39 is 0 Å². The molecule has 86 valence electrons. The second kappa shape index (κ2) is 5.15. The zero-order valence-corrected chi connectivity index (χ0v) is 9.74. The van der Waals surface area contributed by atoms with Crippen molar-refractivity contribution in [2.45, 2.75) is 38.5 Å². The first-order chi connectivity index (χ1) is 7.81. The van der Waals surface area contributed by atoms with E-state index >= 15 is 0 Å². The fourth-order valence-corrected chi connectivity index (χ4v) is 2.28. The molecule has 16 heavy (non-hydrogen) atoms. The van der Waals surface area contributed by atoms with Gasteiger partial charge in [0, 0.05) is 12.8 Å². The molecule has 0 saturated carbocycles. The Bertz CT molecular complexity index is 371. The van der Waals surface area contributed by atoms with Gasteiger partial charge in [0.15, 0.2) is 0 Å². The number of ether oxygens (including phenoxy) is 1. The topological polar surface area (TPSA) is 26.3 Å². The molecule has 1 heterocycles. The number of rotatable bonds is 4. The fourth-order valence-electron chi connectivity index (χ4n) is 2.28. The quantitative estimate of drug-likeness (QED) is 0.775. The molecule has 2 nitrogen and oxygen atoms in total. The summed E-state index contributed by atoms with van der Waals surface area (Å²) < 4.78 is 5.58. The monoisotopic (exact) mass is 218 g/mol. The zero-order valence-electron chi connectivity index (χ0n) is 9.74. The predicted octanol–water partition coefficient (Wildman–Crippen LogP) is 3.31. The molecule has 0 radical (unpaired) electrons. The van der Waals surface area contributed by atoms with E-state index in [2.05, 4.69) is 13.0 Å². The number of hydrogen-bond donors (Lipinski definition) is 0. The number of fused-ring (bicyclic) bond motifs is 1. The van der Waals surface area contributed by atoms with Gasteiger partial charge >= 0.3 is 0 Å². The minimum Gasteiger partial charge on any atom is -0.493 e. The first kappa shape index (κ1) is 11.2. The fraction of sp³-hybridized carbons (Fsp3) is 0.500. The molecule has 1 aromatic rings. The van der Waals surface area contributed by atoms with E-state index in [1.807, 2.05) is 18.2 Å². The van der Waals surface area contributed by atoms with E-state index in [0.29, 0.717) is 24.5 Å². The Labute approximate surface area is 96.6 Å². The molecular weight excluding hydrogens is 200 g/mol. The Hall–Kier alpha value is -1.31. The van der Waals surface area contributed by atoms with E-state index in [-0.39, 0.29) is 0 Å².